The maximum atomic E-state index is 12.2. The van der Waals surface area contributed by atoms with Gasteiger partial charge < -0.3 is 25.5 Å². The molecule has 162 valence electrons. The lowest BCUT2D eigenvalue weighted by Gasteiger charge is -2.18. The molecule has 1 aromatic heterocycles. The Kier molecular flexibility index (Phi) is 8.25. The fraction of sp³-hybridized carbons (Fsp3) is 0.250. The first kappa shape index (κ1) is 22.1. The van der Waals surface area contributed by atoms with Crippen LogP contribution in [0.5, 0.6) is 0 Å². The second-order valence-electron chi connectivity index (χ2n) is 7.00. The van der Waals surface area contributed by atoms with Crippen LogP contribution in [0.1, 0.15) is 34.5 Å². The number of hydrogen-bond acceptors (Lipinski definition) is 4. The smallest absolute Gasteiger partial charge is 0.291 e. The first-order valence-electron chi connectivity index (χ1n) is 10.3. The summed E-state index contributed by atoms with van der Waals surface area (Å²) in [5, 5.41) is 19.1. The zero-order valence-electron chi connectivity index (χ0n) is 17.5. The van der Waals surface area contributed by atoms with Gasteiger partial charge in [0.1, 0.15) is 0 Å². The van der Waals surface area contributed by atoms with E-state index in [0.29, 0.717) is 24.7 Å². The number of nitrogens with zero attached hydrogens (tertiary/aromatic N) is 1. The van der Waals surface area contributed by atoms with Gasteiger partial charge in [0, 0.05) is 24.7 Å². The number of amides is 1. The predicted octanol–water partition coefficient (Wildman–Crippen LogP) is 3.36. The number of aliphatic hydroxyl groups is 1. The third kappa shape index (κ3) is 6.72. The number of carbonyl (C=O) groups is 1. The van der Waals surface area contributed by atoms with E-state index < -0.39 is 0 Å². The van der Waals surface area contributed by atoms with E-state index in [9.17, 15) is 9.90 Å². The Hall–Kier alpha value is -3.58. The van der Waals surface area contributed by atoms with E-state index in [2.05, 4.69) is 20.9 Å². The zero-order valence-corrected chi connectivity index (χ0v) is 17.5. The molecule has 31 heavy (non-hydrogen) atoms. The molecular formula is C24H28N4O3. The van der Waals surface area contributed by atoms with E-state index in [1.807, 2.05) is 61.5 Å². The standard InChI is InChI=1S/C24H28N4O3/c1-2-25-24(27-16-20(17-29)19-9-4-3-5-10-19)26-15-18-8-6-11-21(14-18)28-23(30)22-12-7-13-31-22/h3-14,20,29H,2,15-17H2,1H3,(H,28,30)(H2,25,26,27). The van der Waals surface area contributed by atoms with Crippen molar-refractivity contribution in [3.05, 3.63) is 89.9 Å². The fourth-order valence-electron chi connectivity index (χ4n) is 3.09. The van der Waals surface area contributed by atoms with Gasteiger partial charge in [-0.25, -0.2) is 4.99 Å². The number of furan rings is 1. The SMILES string of the molecule is CCNC(=NCc1cccc(NC(=O)c2ccco2)c1)NCC(CO)c1ccccc1. The van der Waals surface area contributed by atoms with Crippen molar-refractivity contribution < 1.29 is 14.3 Å². The van der Waals surface area contributed by atoms with Gasteiger partial charge in [0.2, 0.25) is 0 Å². The summed E-state index contributed by atoms with van der Waals surface area (Å²) in [7, 11) is 0. The molecule has 0 aliphatic rings. The minimum Gasteiger partial charge on any atom is -0.459 e. The van der Waals surface area contributed by atoms with Crippen molar-refractivity contribution in [2.24, 2.45) is 4.99 Å². The predicted molar refractivity (Wildman–Crippen MR) is 122 cm³/mol. The molecule has 1 atom stereocenters. The summed E-state index contributed by atoms with van der Waals surface area (Å²) in [4.78, 5) is 16.8. The molecule has 0 bridgehead atoms. The fourth-order valence-corrected chi connectivity index (χ4v) is 3.09. The van der Waals surface area contributed by atoms with Crippen LogP contribution in [-0.2, 0) is 6.54 Å². The average Bonchev–Trinajstić information content (AvgIpc) is 3.34. The number of carbonyl (C=O) groups excluding carboxylic acids is 1. The van der Waals surface area contributed by atoms with Crippen LogP contribution in [0.4, 0.5) is 5.69 Å². The highest BCUT2D eigenvalue weighted by molar-refractivity contribution is 6.02. The molecule has 0 aliphatic heterocycles. The van der Waals surface area contributed by atoms with E-state index in [1.54, 1.807) is 12.1 Å². The summed E-state index contributed by atoms with van der Waals surface area (Å²) in [5.74, 6) is 0.614. The van der Waals surface area contributed by atoms with Gasteiger partial charge in [-0.1, -0.05) is 42.5 Å². The largest absolute Gasteiger partial charge is 0.459 e. The topological polar surface area (TPSA) is 98.9 Å². The van der Waals surface area contributed by atoms with Crippen molar-refractivity contribution in [1.82, 2.24) is 10.6 Å². The third-order valence-electron chi connectivity index (χ3n) is 4.70. The van der Waals surface area contributed by atoms with Gasteiger partial charge in [0.05, 0.1) is 19.4 Å². The monoisotopic (exact) mass is 420 g/mol. The Morgan fingerprint density at radius 1 is 1.06 bits per heavy atom. The third-order valence-corrected chi connectivity index (χ3v) is 4.70. The van der Waals surface area contributed by atoms with Crippen LogP contribution < -0.4 is 16.0 Å². The van der Waals surface area contributed by atoms with Crippen molar-refractivity contribution in [3.8, 4) is 0 Å². The minimum absolute atomic E-state index is 0.0230. The molecule has 7 heteroatoms. The first-order valence-corrected chi connectivity index (χ1v) is 10.3. The summed E-state index contributed by atoms with van der Waals surface area (Å²) in [6, 6.07) is 20.7. The van der Waals surface area contributed by atoms with Gasteiger partial charge in [-0.2, -0.15) is 0 Å². The van der Waals surface area contributed by atoms with E-state index in [1.165, 1.54) is 6.26 Å². The molecule has 0 saturated heterocycles. The summed E-state index contributed by atoms with van der Waals surface area (Å²) in [5.41, 5.74) is 2.71. The molecule has 4 N–H and O–H groups in total. The maximum Gasteiger partial charge on any atom is 0.291 e. The second kappa shape index (κ2) is 11.6. The van der Waals surface area contributed by atoms with Crippen LogP contribution >= 0.6 is 0 Å². The highest BCUT2D eigenvalue weighted by atomic mass is 16.3. The Bertz CT molecular complexity index is 972. The highest BCUT2D eigenvalue weighted by Gasteiger charge is 2.11. The first-order chi connectivity index (χ1) is 15.2. The second-order valence-corrected chi connectivity index (χ2v) is 7.00. The molecule has 3 aromatic rings. The normalized spacial score (nSPS) is 12.3. The number of rotatable bonds is 9. The summed E-state index contributed by atoms with van der Waals surface area (Å²) < 4.78 is 5.12. The van der Waals surface area contributed by atoms with Crippen LogP contribution in [0.3, 0.4) is 0 Å². The van der Waals surface area contributed by atoms with Crippen molar-refractivity contribution in [2.45, 2.75) is 19.4 Å². The molecule has 1 unspecified atom stereocenters. The van der Waals surface area contributed by atoms with Gasteiger partial charge in [-0.3, -0.25) is 4.79 Å². The van der Waals surface area contributed by atoms with Gasteiger partial charge in [-0.15, -0.1) is 0 Å². The average molecular weight is 421 g/mol. The number of benzene rings is 2. The molecule has 0 aliphatic carbocycles. The van der Waals surface area contributed by atoms with Crippen molar-refractivity contribution in [2.75, 3.05) is 25.0 Å². The minimum atomic E-state index is -0.295. The molecule has 7 nitrogen and oxygen atoms in total. The van der Waals surface area contributed by atoms with Crippen LogP contribution in [0.15, 0.2) is 82.4 Å². The lowest BCUT2D eigenvalue weighted by Crippen LogP contribution is -2.39. The highest BCUT2D eigenvalue weighted by Crippen LogP contribution is 2.15. The number of aliphatic imine (C=N–C) groups is 1. The molecule has 0 radical (unpaired) electrons. The number of aliphatic hydroxyl groups excluding tert-OH is 1. The molecule has 1 heterocycles. The lowest BCUT2D eigenvalue weighted by molar-refractivity contribution is 0.0996. The van der Waals surface area contributed by atoms with E-state index in [-0.39, 0.29) is 24.2 Å². The van der Waals surface area contributed by atoms with Gasteiger partial charge >= 0.3 is 0 Å². The van der Waals surface area contributed by atoms with Gasteiger partial charge in [0.25, 0.3) is 5.91 Å². The lowest BCUT2D eigenvalue weighted by atomic mass is 10.0. The van der Waals surface area contributed by atoms with Crippen molar-refractivity contribution in [1.29, 1.82) is 0 Å². The van der Waals surface area contributed by atoms with Crippen molar-refractivity contribution >= 4 is 17.6 Å². The Morgan fingerprint density at radius 3 is 2.61 bits per heavy atom. The van der Waals surface area contributed by atoms with E-state index in [0.717, 1.165) is 17.7 Å². The van der Waals surface area contributed by atoms with Crippen molar-refractivity contribution in [3.63, 3.8) is 0 Å². The maximum absolute atomic E-state index is 12.2. The molecule has 0 saturated carbocycles. The Balaban J connectivity index is 1.61. The van der Waals surface area contributed by atoms with Gasteiger partial charge in [-0.05, 0) is 42.3 Å². The summed E-state index contributed by atoms with van der Waals surface area (Å²) in [6.07, 6.45) is 1.47. The van der Waals surface area contributed by atoms with Gasteiger partial charge in [0.15, 0.2) is 11.7 Å². The molecule has 2 aromatic carbocycles. The van der Waals surface area contributed by atoms with Crippen LogP contribution in [0, 0.1) is 0 Å². The summed E-state index contributed by atoms with van der Waals surface area (Å²) >= 11 is 0. The quantitative estimate of drug-likeness (QED) is 0.314. The number of nitrogens with one attached hydrogen (secondary N) is 3. The molecule has 0 fully saturated rings. The van der Waals surface area contributed by atoms with Crippen LogP contribution in [-0.4, -0.2) is 36.7 Å². The Morgan fingerprint density at radius 2 is 1.90 bits per heavy atom. The number of anilines is 1. The zero-order chi connectivity index (χ0) is 21.9. The molecule has 0 spiro atoms. The molecule has 1 amide bonds. The Labute approximate surface area is 182 Å². The number of guanidine groups is 1. The van der Waals surface area contributed by atoms with Crippen LogP contribution in [0.25, 0.3) is 0 Å². The van der Waals surface area contributed by atoms with E-state index in [4.69, 9.17) is 4.42 Å². The van der Waals surface area contributed by atoms with E-state index >= 15 is 0 Å². The number of hydrogen-bond donors (Lipinski definition) is 4. The summed E-state index contributed by atoms with van der Waals surface area (Å²) in [6.45, 7) is 3.78. The molecular weight excluding hydrogens is 392 g/mol. The molecule has 3 rings (SSSR count). The van der Waals surface area contributed by atoms with Crippen LogP contribution in [0.2, 0.25) is 0 Å².